The van der Waals surface area contributed by atoms with Crippen molar-refractivity contribution in [1.82, 2.24) is 10.3 Å². The van der Waals surface area contributed by atoms with Crippen LogP contribution in [0.2, 0.25) is 0 Å². The van der Waals surface area contributed by atoms with Crippen LogP contribution in [0.25, 0.3) is 0 Å². The summed E-state index contributed by atoms with van der Waals surface area (Å²) in [6.07, 6.45) is 0.972. The summed E-state index contributed by atoms with van der Waals surface area (Å²) in [5, 5.41) is 12.8. The lowest BCUT2D eigenvalue weighted by Gasteiger charge is -2.15. The molecule has 2 aromatic rings. The topological polar surface area (TPSA) is 92.1 Å². The van der Waals surface area contributed by atoms with Gasteiger partial charge in [0.1, 0.15) is 11.1 Å². The highest BCUT2D eigenvalue weighted by molar-refractivity contribution is 8.00. The molecule has 152 valence electrons. The monoisotopic (exact) mass is 411 g/mol. The Morgan fingerprint density at radius 3 is 2.55 bits per heavy atom. The molecule has 0 fully saturated rings. The number of nitriles is 1. The predicted molar refractivity (Wildman–Crippen MR) is 113 cm³/mol. The summed E-state index contributed by atoms with van der Waals surface area (Å²) in [5.41, 5.74) is 3.27. The minimum absolute atomic E-state index is 0.120. The second-order valence-corrected chi connectivity index (χ2v) is 7.44. The number of ether oxygens (including phenoxy) is 1. The van der Waals surface area contributed by atoms with E-state index in [0.717, 1.165) is 12.0 Å². The molecule has 0 aliphatic heterocycles. The Kier molecular flexibility index (Phi) is 8.22. The van der Waals surface area contributed by atoms with Gasteiger partial charge in [-0.1, -0.05) is 43.0 Å². The lowest BCUT2D eigenvalue weighted by atomic mass is 10.1. The second kappa shape index (κ2) is 10.6. The highest BCUT2D eigenvalue weighted by atomic mass is 32.2. The van der Waals surface area contributed by atoms with E-state index in [-0.39, 0.29) is 35.4 Å². The fourth-order valence-electron chi connectivity index (χ4n) is 2.73. The molecule has 0 radical (unpaired) electrons. The van der Waals surface area contributed by atoms with Gasteiger partial charge < -0.3 is 10.1 Å². The zero-order valence-electron chi connectivity index (χ0n) is 17.1. The van der Waals surface area contributed by atoms with Crippen molar-refractivity contribution < 1.29 is 14.3 Å². The molecule has 1 aromatic carbocycles. The number of hydrogen-bond donors (Lipinski definition) is 1. The molecule has 0 saturated carbocycles. The molecule has 2 rings (SSSR count). The van der Waals surface area contributed by atoms with Crippen LogP contribution in [0.3, 0.4) is 0 Å². The van der Waals surface area contributed by atoms with Crippen molar-refractivity contribution >= 4 is 23.6 Å². The van der Waals surface area contributed by atoms with E-state index in [1.165, 1.54) is 23.4 Å². The molecule has 1 amide bonds. The van der Waals surface area contributed by atoms with E-state index in [1.54, 1.807) is 13.8 Å². The first-order chi connectivity index (χ1) is 13.9. The largest absolute Gasteiger partial charge is 0.462 e. The third-order valence-electron chi connectivity index (χ3n) is 4.40. The molecule has 0 aliphatic carbocycles. The molecule has 29 heavy (non-hydrogen) atoms. The van der Waals surface area contributed by atoms with Gasteiger partial charge in [-0.15, -0.1) is 0 Å². The number of thioether (sulfide) groups is 1. The number of benzene rings is 1. The number of rotatable bonds is 8. The molecule has 1 heterocycles. The van der Waals surface area contributed by atoms with Gasteiger partial charge in [0.2, 0.25) is 5.91 Å². The zero-order valence-corrected chi connectivity index (χ0v) is 17.9. The molecule has 6 nitrogen and oxygen atoms in total. The van der Waals surface area contributed by atoms with E-state index in [4.69, 9.17) is 4.74 Å². The molecular formula is C22H25N3O3S. The van der Waals surface area contributed by atoms with Crippen LogP contribution in [0.4, 0.5) is 0 Å². The summed E-state index contributed by atoms with van der Waals surface area (Å²) in [7, 11) is 0. The number of amides is 1. The second-order valence-electron chi connectivity index (χ2n) is 6.48. The highest BCUT2D eigenvalue weighted by Crippen LogP contribution is 2.23. The van der Waals surface area contributed by atoms with E-state index in [0.29, 0.717) is 10.7 Å². The molecule has 1 N–H and O–H groups in total. The summed E-state index contributed by atoms with van der Waals surface area (Å²) >= 11 is 1.17. The van der Waals surface area contributed by atoms with Gasteiger partial charge in [0.25, 0.3) is 0 Å². The van der Waals surface area contributed by atoms with E-state index in [1.807, 2.05) is 25.1 Å². The molecule has 7 heteroatoms. The number of pyridine rings is 1. The fraction of sp³-hybridized carbons (Fsp3) is 0.364. The van der Waals surface area contributed by atoms with Crippen LogP contribution in [0.15, 0.2) is 35.4 Å². The first-order valence-corrected chi connectivity index (χ1v) is 10.5. The maximum absolute atomic E-state index is 12.4. The number of nitrogens with zero attached hydrogens (tertiary/aromatic N) is 2. The Morgan fingerprint density at radius 1 is 1.28 bits per heavy atom. The number of nitrogens with one attached hydrogen (secondary N) is 1. The zero-order chi connectivity index (χ0) is 21.4. The van der Waals surface area contributed by atoms with E-state index in [9.17, 15) is 14.9 Å². The number of esters is 1. The Balaban J connectivity index is 2.02. The van der Waals surface area contributed by atoms with Crippen LogP contribution in [0.1, 0.15) is 59.6 Å². The Hall–Kier alpha value is -2.85. The predicted octanol–water partition coefficient (Wildman–Crippen LogP) is 3.97. The molecule has 1 atom stereocenters. The molecule has 0 aliphatic rings. The molecule has 0 bridgehead atoms. The minimum Gasteiger partial charge on any atom is -0.462 e. The average Bonchev–Trinajstić information content (AvgIpc) is 2.72. The van der Waals surface area contributed by atoms with Gasteiger partial charge in [0, 0.05) is 0 Å². The summed E-state index contributed by atoms with van der Waals surface area (Å²) < 4.78 is 4.99. The summed E-state index contributed by atoms with van der Waals surface area (Å²) in [6.45, 7) is 7.67. The SMILES string of the molecule is CCOC(=O)c1cc(C#N)c(SCC(=O)N[C@H](C)c2ccc(CC)cc2)nc1C. The van der Waals surface area contributed by atoms with E-state index in [2.05, 4.69) is 29.4 Å². The normalized spacial score (nSPS) is 11.4. The van der Waals surface area contributed by atoms with Gasteiger partial charge in [-0.05, 0) is 44.4 Å². The number of carbonyl (C=O) groups excluding carboxylic acids is 2. The van der Waals surface area contributed by atoms with Crippen molar-refractivity contribution in [3.8, 4) is 6.07 Å². The standard InChI is InChI=1S/C22H25N3O3S/c1-5-16-7-9-17(10-8-16)14(3)24-20(26)13-29-21-18(12-23)11-19(15(4)25-21)22(27)28-6-2/h7-11,14H,5-6,13H2,1-4H3,(H,24,26)/t14-/m1/s1. The average molecular weight is 412 g/mol. The number of carbonyl (C=O) groups is 2. The van der Waals surface area contributed by atoms with Crippen LogP contribution >= 0.6 is 11.8 Å². The van der Waals surface area contributed by atoms with Gasteiger partial charge >= 0.3 is 5.97 Å². The Labute approximate surface area is 175 Å². The quantitative estimate of drug-likeness (QED) is 0.522. The van der Waals surface area contributed by atoms with Gasteiger partial charge in [0.05, 0.1) is 35.2 Å². The number of aryl methyl sites for hydroxylation is 2. The lowest BCUT2D eigenvalue weighted by molar-refractivity contribution is -0.119. The van der Waals surface area contributed by atoms with Gasteiger partial charge in [-0.2, -0.15) is 5.26 Å². The van der Waals surface area contributed by atoms with E-state index >= 15 is 0 Å². The first-order valence-electron chi connectivity index (χ1n) is 9.49. The van der Waals surface area contributed by atoms with Crippen LogP contribution in [0.5, 0.6) is 0 Å². The third kappa shape index (κ3) is 6.06. The van der Waals surface area contributed by atoms with Crippen LogP contribution in [-0.4, -0.2) is 29.2 Å². The van der Waals surface area contributed by atoms with Crippen LogP contribution < -0.4 is 5.32 Å². The van der Waals surface area contributed by atoms with Crippen LogP contribution in [-0.2, 0) is 16.0 Å². The van der Waals surface area contributed by atoms with Gasteiger partial charge in [0.15, 0.2) is 0 Å². The van der Waals surface area contributed by atoms with Crippen molar-refractivity contribution in [2.75, 3.05) is 12.4 Å². The lowest BCUT2D eigenvalue weighted by Crippen LogP contribution is -2.28. The van der Waals surface area contributed by atoms with Crippen molar-refractivity contribution in [2.24, 2.45) is 0 Å². The Morgan fingerprint density at radius 2 is 1.97 bits per heavy atom. The summed E-state index contributed by atoms with van der Waals surface area (Å²) in [5.74, 6) is -0.539. The van der Waals surface area contributed by atoms with Crippen LogP contribution in [0, 0.1) is 18.3 Å². The van der Waals surface area contributed by atoms with Gasteiger partial charge in [-0.3, -0.25) is 4.79 Å². The smallest absolute Gasteiger partial charge is 0.340 e. The maximum Gasteiger partial charge on any atom is 0.340 e. The van der Waals surface area contributed by atoms with Crippen molar-refractivity contribution in [3.63, 3.8) is 0 Å². The number of hydrogen-bond acceptors (Lipinski definition) is 6. The molecule has 0 unspecified atom stereocenters. The van der Waals surface area contributed by atoms with Crippen molar-refractivity contribution in [3.05, 3.63) is 58.3 Å². The molecule has 1 aromatic heterocycles. The van der Waals surface area contributed by atoms with Crippen molar-refractivity contribution in [1.29, 1.82) is 5.26 Å². The van der Waals surface area contributed by atoms with Crippen molar-refractivity contribution in [2.45, 2.75) is 45.2 Å². The minimum atomic E-state index is -0.508. The first kappa shape index (κ1) is 22.4. The summed E-state index contributed by atoms with van der Waals surface area (Å²) in [6, 6.07) is 11.5. The molecular weight excluding hydrogens is 386 g/mol. The third-order valence-corrected chi connectivity index (χ3v) is 5.39. The molecule has 0 saturated heterocycles. The highest BCUT2D eigenvalue weighted by Gasteiger charge is 2.17. The fourth-order valence-corrected chi connectivity index (χ4v) is 3.54. The number of aromatic nitrogens is 1. The van der Waals surface area contributed by atoms with E-state index < -0.39 is 5.97 Å². The van der Waals surface area contributed by atoms with Gasteiger partial charge in [-0.25, -0.2) is 9.78 Å². The Bertz CT molecular complexity index is 920. The molecule has 0 spiro atoms. The summed E-state index contributed by atoms with van der Waals surface area (Å²) in [4.78, 5) is 28.7. The maximum atomic E-state index is 12.4.